The van der Waals surface area contributed by atoms with Gasteiger partial charge in [0.05, 0.1) is 19.6 Å². The summed E-state index contributed by atoms with van der Waals surface area (Å²) in [7, 11) is 1.67. The van der Waals surface area contributed by atoms with Crippen LogP contribution in [0.2, 0.25) is 0 Å². The fraction of sp³-hybridized carbons (Fsp3) is 0.381. The van der Waals surface area contributed by atoms with Crippen LogP contribution >= 0.6 is 0 Å². The molecule has 0 radical (unpaired) electrons. The van der Waals surface area contributed by atoms with E-state index in [0.29, 0.717) is 30.4 Å². The number of hydrogen-bond donors (Lipinski definition) is 2. The number of carbonyl (C=O) groups excluding carboxylic acids is 1. The molecule has 28 heavy (non-hydrogen) atoms. The van der Waals surface area contributed by atoms with Crippen molar-refractivity contribution >= 4 is 5.91 Å². The molecule has 0 unspecified atom stereocenters. The summed E-state index contributed by atoms with van der Waals surface area (Å²) in [6.45, 7) is 5.71. The molecular formula is C21H25N5O2. The lowest BCUT2D eigenvalue weighted by Crippen LogP contribution is -2.26. The second-order valence-corrected chi connectivity index (χ2v) is 7.59. The lowest BCUT2D eigenvalue weighted by molar-refractivity contribution is 0.0950. The molecule has 1 amide bonds. The van der Waals surface area contributed by atoms with E-state index in [9.17, 15) is 4.79 Å². The number of amides is 1. The first-order valence-electron chi connectivity index (χ1n) is 9.57. The minimum Gasteiger partial charge on any atom is -0.496 e. The first-order valence-corrected chi connectivity index (χ1v) is 9.57. The third-order valence-corrected chi connectivity index (χ3v) is 5.05. The molecule has 2 N–H and O–H groups in total. The van der Waals surface area contributed by atoms with E-state index in [1.165, 1.54) is 0 Å². The van der Waals surface area contributed by atoms with E-state index >= 15 is 0 Å². The summed E-state index contributed by atoms with van der Waals surface area (Å²) >= 11 is 0. The Kier molecular flexibility index (Phi) is 4.90. The van der Waals surface area contributed by atoms with Crippen LogP contribution in [0.5, 0.6) is 5.75 Å². The molecule has 0 fully saturated rings. The molecule has 3 heterocycles. The molecule has 0 saturated heterocycles. The fourth-order valence-corrected chi connectivity index (χ4v) is 3.76. The Labute approximate surface area is 164 Å². The van der Waals surface area contributed by atoms with Gasteiger partial charge in [-0.2, -0.15) is 0 Å². The maximum absolute atomic E-state index is 12.6. The van der Waals surface area contributed by atoms with Crippen LogP contribution in [0, 0.1) is 5.92 Å². The third kappa shape index (κ3) is 3.40. The molecule has 7 heteroatoms. The number of para-hydroxylation sites is 1. The summed E-state index contributed by atoms with van der Waals surface area (Å²) in [5, 5.41) is 3.01. The highest BCUT2D eigenvalue weighted by atomic mass is 16.5. The summed E-state index contributed by atoms with van der Waals surface area (Å²) in [6, 6.07) is 7.95. The maximum Gasteiger partial charge on any atom is 0.271 e. The fourth-order valence-electron chi connectivity index (χ4n) is 3.76. The minimum atomic E-state index is -0.148. The summed E-state index contributed by atoms with van der Waals surface area (Å²) in [6.07, 6.45) is 4.27. The minimum absolute atomic E-state index is 0.107. The van der Waals surface area contributed by atoms with Crippen molar-refractivity contribution in [2.24, 2.45) is 5.92 Å². The van der Waals surface area contributed by atoms with Crippen LogP contribution in [0.25, 0.3) is 11.5 Å². The maximum atomic E-state index is 12.6. The molecular weight excluding hydrogens is 354 g/mol. The molecule has 1 aromatic carbocycles. The van der Waals surface area contributed by atoms with E-state index in [1.807, 2.05) is 18.2 Å². The van der Waals surface area contributed by atoms with Crippen LogP contribution in [0.3, 0.4) is 0 Å². The molecule has 7 nitrogen and oxygen atoms in total. The Morgan fingerprint density at radius 3 is 2.93 bits per heavy atom. The van der Waals surface area contributed by atoms with Gasteiger partial charge in [-0.15, -0.1) is 0 Å². The molecule has 1 atom stereocenters. The van der Waals surface area contributed by atoms with E-state index in [-0.39, 0.29) is 11.8 Å². The van der Waals surface area contributed by atoms with E-state index < -0.39 is 0 Å². The van der Waals surface area contributed by atoms with Crippen LogP contribution in [0.4, 0.5) is 0 Å². The number of ether oxygens (including phenoxy) is 1. The number of benzene rings is 1. The highest BCUT2D eigenvalue weighted by Crippen LogP contribution is 2.31. The first kappa shape index (κ1) is 18.3. The van der Waals surface area contributed by atoms with Crippen LogP contribution in [0.1, 0.15) is 41.5 Å². The van der Waals surface area contributed by atoms with Gasteiger partial charge < -0.3 is 19.6 Å². The van der Waals surface area contributed by atoms with Gasteiger partial charge in [-0.05, 0) is 24.0 Å². The Balaban J connectivity index is 1.69. The van der Waals surface area contributed by atoms with E-state index in [1.54, 1.807) is 19.6 Å². The summed E-state index contributed by atoms with van der Waals surface area (Å²) < 4.78 is 7.59. The highest BCUT2D eigenvalue weighted by molar-refractivity contribution is 5.94. The number of hydrogen-bond acceptors (Lipinski definition) is 4. The van der Waals surface area contributed by atoms with Gasteiger partial charge in [0, 0.05) is 24.7 Å². The molecule has 0 bridgehead atoms. The number of nitrogens with zero attached hydrogens (tertiary/aromatic N) is 3. The summed E-state index contributed by atoms with van der Waals surface area (Å²) in [5.74, 6) is 1.96. The van der Waals surface area contributed by atoms with Crippen molar-refractivity contribution in [3.63, 3.8) is 0 Å². The van der Waals surface area contributed by atoms with Crippen LogP contribution in [-0.4, -0.2) is 39.1 Å². The second-order valence-electron chi connectivity index (χ2n) is 7.59. The SMILES string of the molecule is COc1ccccc1[C@@H]1CNC(=O)c2nc(-c3cncn3CC(C)C)[nH]c2C1. The standard InChI is InChI=1S/C21H25N5O2/c1-13(2)11-26-12-22-10-17(26)20-24-16-8-14(9-23-21(27)19(16)25-20)15-6-4-5-7-18(15)28-3/h4-7,10,12-14H,8-9,11H2,1-3H3,(H,23,27)(H,24,25)/t14-/m0/s1. The molecule has 1 aliphatic rings. The van der Waals surface area contributed by atoms with Crippen molar-refractivity contribution in [3.05, 3.63) is 53.7 Å². The Hall–Kier alpha value is -3.09. The van der Waals surface area contributed by atoms with Crippen molar-refractivity contribution in [1.29, 1.82) is 0 Å². The Morgan fingerprint density at radius 2 is 2.14 bits per heavy atom. The number of aromatic amines is 1. The quantitative estimate of drug-likeness (QED) is 0.714. The summed E-state index contributed by atoms with van der Waals surface area (Å²) in [5.41, 5.74) is 3.28. The number of fused-ring (bicyclic) bond motifs is 1. The smallest absolute Gasteiger partial charge is 0.271 e. The van der Waals surface area contributed by atoms with E-state index in [2.05, 4.69) is 44.7 Å². The van der Waals surface area contributed by atoms with Crippen LogP contribution in [0.15, 0.2) is 36.8 Å². The van der Waals surface area contributed by atoms with E-state index in [4.69, 9.17) is 4.74 Å². The zero-order valence-corrected chi connectivity index (χ0v) is 16.4. The monoisotopic (exact) mass is 379 g/mol. The lowest BCUT2D eigenvalue weighted by Gasteiger charge is -2.17. The van der Waals surface area contributed by atoms with Gasteiger partial charge in [-0.1, -0.05) is 32.0 Å². The predicted octanol–water partition coefficient (Wildman–Crippen LogP) is 3.01. The van der Waals surface area contributed by atoms with Gasteiger partial charge in [0.15, 0.2) is 5.82 Å². The largest absolute Gasteiger partial charge is 0.496 e. The first-order chi connectivity index (χ1) is 13.6. The molecule has 2 aromatic heterocycles. The van der Waals surface area contributed by atoms with Gasteiger partial charge >= 0.3 is 0 Å². The molecule has 0 aliphatic carbocycles. The van der Waals surface area contributed by atoms with Crippen LogP contribution in [-0.2, 0) is 13.0 Å². The van der Waals surface area contributed by atoms with Gasteiger partial charge in [-0.25, -0.2) is 9.97 Å². The molecule has 0 spiro atoms. The predicted molar refractivity (Wildman–Crippen MR) is 106 cm³/mol. The van der Waals surface area contributed by atoms with Gasteiger partial charge in [-0.3, -0.25) is 4.79 Å². The number of rotatable bonds is 5. The molecule has 4 rings (SSSR count). The normalized spacial score (nSPS) is 16.6. The van der Waals surface area contributed by atoms with Crippen molar-refractivity contribution in [3.8, 4) is 17.3 Å². The van der Waals surface area contributed by atoms with Gasteiger partial charge in [0.25, 0.3) is 5.91 Å². The van der Waals surface area contributed by atoms with Crippen molar-refractivity contribution in [2.75, 3.05) is 13.7 Å². The molecule has 3 aromatic rings. The highest BCUT2D eigenvalue weighted by Gasteiger charge is 2.28. The van der Waals surface area contributed by atoms with Crippen molar-refractivity contribution in [1.82, 2.24) is 24.8 Å². The number of aromatic nitrogens is 4. The van der Waals surface area contributed by atoms with Crippen LogP contribution < -0.4 is 10.1 Å². The Morgan fingerprint density at radius 1 is 1.32 bits per heavy atom. The number of carbonyl (C=O) groups is 1. The number of methoxy groups -OCH3 is 1. The molecule has 146 valence electrons. The Bertz CT molecular complexity index is 988. The van der Waals surface area contributed by atoms with E-state index in [0.717, 1.165) is 29.2 Å². The zero-order valence-electron chi connectivity index (χ0n) is 16.4. The molecule has 1 aliphatic heterocycles. The second kappa shape index (κ2) is 7.50. The van der Waals surface area contributed by atoms with Gasteiger partial charge in [0.2, 0.25) is 0 Å². The molecule has 0 saturated carbocycles. The average molecular weight is 379 g/mol. The zero-order chi connectivity index (χ0) is 19.7. The topological polar surface area (TPSA) is 84.8 Å². The average Bonchev–Trinajstić information content (AvgIpc) is 3.27. The number of imidazole rings is 2. The summed E-state index contributed by atoms with van der Waals surface area (Å²) in [4.78, 5) is 24.9. The lowest BCUT2D eigenvalue weighted by atomic mass is 9.93. The third-order valence-electron chi connectivity index (χ3n) is 5.05. The number of H-pyrrole nitrogens is 1. The van der Waals surface area contributed by atoms with Crippen molar-refractivity contribution in [2.45, 2.75) is 32.7 Å². The number of nitrogens with one attached hydrogen (secondary N) is 2. The van der Waals surface area contributed by atoms with Gasteiger partial charge in [0.1, 0.15) is 17.1 Å². The van der Waals surface area contributed by atoms with Crippen molar-refractivity contribution < 1.29 is 9.53 Å².